The van der Waals surface area contributed by atoms with Crippen LogP contribution in [0.1, 0.15) is 81.3 Å². The van der Waals surface area contributed by atoms with Gasteiger partial charge in [0, 0.05) is 32.2 Å². The van der Waals surface area contributed by atoms with Gasteiger partial charge in [-0.1, -0.05) is 109 Å². The first kappa shape index (κ1) is 37.5. The summed E-state index contributed by atoms with van der Waals surface area (Å²) in [6.07, 6.45) is -0.434. The Bertz CT molecular complexity index is 1670. The molecule has 4 nitrogen and oxygen atoms in total. The van der Waals surface area contributed by atoms with E-state index in [0.29, 0.717) is 6.42 Å². The number of hydrogen-bond acceptors (Lipinski definition) is 4. The number of aromatic nitrogens is 2. The Balaban J connectivity index is 0.000000352. The van der Waals surface area contributed by atoms with Crippen molar-refractivity contribution < 1.29 is 30.3 Å². The summed E-state index contributed by atoms with van der Waals surface area (Å²) in [5.41, 5.74) is 12.7. The van der Waals surface area contributed by atoms with Gasteiger partial charge >= 0.3 is 0 Å². The molecule has 247 valence electrons. The van der Waals surface area contributed by atoms with Gasteiger partial charge in [-0.3, -0.25) is 9.97 Å². The van der Waals surface area contributed by atoms with E-state index in [1.54, 1.807) is 0 Å². The zero-order valence-electron chi connectivity index (χ0n) is 29.7. The molecule has 46 heavy (non-hydrogen) atoms. The average Bonchev–Trinajstić information content (AvgIpc) is 2.93. The van der Waals surface area contributed by atoms with Gasteiger partial charge in [0.25, 0.3) is 0 Å². The van der Waals surface area contributed by atoms with Crippen LogP contribution in [-0.2, 0) is 20.1 Å². The molecule has 4 aromatic carbocycles. The fraction of sp³-hybridized carbons (Fsp3) is 0.415. The van der Waals surface area contributed by atoms with E-state index in [1.165, 1.54) is 38.6 Å². The van der Waals surface area contributed by atoms with Crippen molar-refractivity contribution in [3.8, 4) is 22.5 Å². The third-order valence-corrected chi connectivity index (χ3v) is 8.69. The molecule has 1 heterocycles. The smallest absolute Gasteiger partial charge is 0.0913 e. The zero-order valence-corrected chi connectivity index (χ0v) is 32.1. The molecule has 2 N–H and O–H groups in total. The van der Waals surface area contributed by atoms with Crippen LogP contribution in [-0.4, -0.2) is 32.4 Å². The molecule has 1 radical (unpaired) electrons. The van der Waals surface area contributed by atoms with Gasteiger partial charge in [0.15, 0.2) is 0 Å². The van der Waals surface area contributed by atoms with Crippen molar-refractivity contribution in [2.45, 2.75) is 102 Å². The van der Waals surface area contributed by atoms with Gasteiger partial charge in [-0.05, 0) is 66.0 Å². The summed E-state index contributed by atoms with van der Waals surface area (Å²) in [5.74, 6) is 0. The van der Waals surface area contributed by atoms with E-state index in [1.807, 2.05) is 41.5 Å². The monoisotopic (exact) mass is 796 g/mol. The van der Waals surface area contributed by atoms with Crippen LogP contribution in [0.25, 0.3) is 44.3 Å². The topological polar surface area (TPSA) is 66.2 Å². The Morgan fingerprint density at radius 1 is 0.630 bits per heavy atom. The van der Waals surface area contributed by atoms with Crippen molar-refractivity contribution in [3.63, 3.8) is 0 Å². The van der Waals surface area contributed by atoms with Crippen LogP contribution >= 0.6 is 0 Å². The van der Waals surface area contributed by atoms with Crippen molar-refractivity contribution in [2.75, 3.05) is 0 Å². The standard InChI is InChI=1S/C30H27N2.C11H24O2.Ir/c1-17-11-18(2)14-23(13-17)29-30(24-15-19(3)12-20(4)16-24)32-28-22(6)26-10-8-7-9-25(26)21(5)27(28)31-29;1-10(2,3)8(12)7-9(13)11(4,5)6;/h7-15H,1-6H3;8-9,12-13H,7H2,1-6H3;/q-1;;. The first-order chi connectivity index (χ1) is 20.9. The molecule has 0 aliphatic rings. The summed E-state index contributed by atoms with van der Waals surface area (Å²) in [6, 6.07) is 23.0. The molecular formula is C41H51IrN2O2-. The van der Waals surface area contributed by atoms with Crippen LogP contribution in [0, 0.1) is 58.4 Å². The average molecular weight is 796 g/mol. The Labute approximate surface area is 290 Å². The third kappa shape index (κ3) is 8.49. The number of rotatable bonds is 4. The van der Waals surface area contributed by atoms with Crippen molar-refractivity contribution in [3.05, 3.63) is 94.0 Å². The summed E-state index contributed by atoms with van der Waals surface area (Å²) in [7, 11) is 0. The maximum atomic E-state index is 9.76. The van der Waals surface area contributed by atoms with Crippen molar-refractivity contribution in [1.82, 2.24) is 9.97 Å². The Kier molecular flexibility index (Phi) is 11.8. The fourth-order valence-electron chi connectivity index (χ4n) is 5.79. The minimum Gasteiger partial charge on any atom is -0.392 e. The summed E-state index contributed by atoms with van der Waals surface area (Å²) < 4.78 is 0. The van der Waals surface area contributed by atoms with Crippen LogP contribution in [0.5, 0.6) is 0 Å². The zero-order chi connectivity index (χ0) is 33.4. The van der Waals surface area contributed by atoms with Crippen molar-refractivity contribution in [1.29, 1.82) is 0 Å². The van der Waals surface area contributed by atoms with Gasteiger partial charge in [0.1, 0.15) is 0 Å². The molecule has 5 heteroatoms. The largest absolute Gasteiger partial charge is 0.392 e. The van der Waals surface area contributed by atoms with Crippen LogP contribution in [0.3, 0.4) is 0 Å². The molecule has 0 fully saturated rings. The number of nitrogens with zero attached hydrogens (tertiary/aromatic N) is 2. The number of aliphatic hydroxyl groups is 2. The predicted molar refractivity (Wildman–Crippen MR) is 191 cm³/mol. The summed E-state index contributed by atoms with van der Waals surface area (Å²) in [6.45, 7) is 24.7. The SMILES string of the molecule is CC(C)(C)C(O)CC(O)C(C)(C)C.Cc1[c-]c(-c2nc3c(C)c4ccccc4c(C)c3nc2-c2cc(C)cc(C)c2)cc(C)c1.[Ir]. The first-order valence-corrected chi connectivity index (χ1v) is 16.0. The van der Waals surface area contributed by atoms with E-state index in [-0.39, 0.29) is 30.9 Å². The summed E-state index contributed by atoms with van der Waals surface area (Å²) >= 11 is 0. The number of fused-ring (bicyclic) bond motifs is 2. The van der Waals surface area contributed by atoms with E-state index >= 15 is 0 Å². The van der Waals surface area contributed by atoms with E-state index in [0.717, 1.165) is 39.1 Å². The summed E-state index contributed by atoms with van der Waals surface area (Å²) in [5, 5.41) is 22.0. The maximum Gasteiger partial charge on any atom is 0.0913 e. The number of aliphatic hydroxyl groups excluding tert-OH is 2. The molecule has 0 saturated carbocycles. The normalized spacial score (nSPS) is 13.2. The van der Waals surface area contributed by atoms with Gasteiger partial charge < -0.3 is 10.2 Å². The second-order valence-electron chi connectivity index (χ2n) is 15.0. The van der Waals surface area contributed by atoms with Crippen molar-refractivity contribution >= 4 is 21.8 Å². The molecule has 0 amide bonds. The Morgan fingerprint density at radius 2 is 1.07 bits per heavy atom. The summed E-state index contributed by atoms with van der Waals surface area (Å²) in [4.78, 5) is 10.6. The molecule has 0 bridgehead atoms. The molecule has 2 unspecified atom stereocenters. The number of aryl methyl sites for hydroxylation is 6. The molecule has 0 saturated heterocycles. The second-order valence-corrected chi connectivity index (χ2v) is 15.0. The van der Waals surface area contributed by atoms with Gasteiger partial charge in [-0.2, -0.15) is 0 Å². The van der Waals surface area contributed by atoms with Crippen LogP contribution in [0.15, 0.2) is 54.6 Å². The molecule has 0 spiro atoms. The van der Waals surface area contributed by atoms with Gasteiger partial charge in [-0.25, -0.2) is 0 Å². The molecule has 2 atom stereocenters. The van der Waals surface area contributed by atoms with E-state index in [4.69, 9.17) is 9.97 Å². The molecular weight excluding hydrogens is 745 g/mol. The van der Waals surface area contributed by atoms with Crippen LogP contribution < -0.4 is 0 Å². The molecule has 5 rings (SSSR count). The van der Waals surface area contributed by atoms with Gasteiger partial charge in [0.2, 0.25) is 0 Å². The minimum absolute atomic E-state index is 0. The molecule has 0 aliphatic heterocycles. The van der Waals surface area contributed by atoms with Crippen molar-refractivity contribution in [2.24, 2.45) is 10.8 Å². The number of benzene rings is 4. The van der Waals surface area contributed by atoms with E-state index in [9.17, 15) is 10.2 Å². The molecule has 0 aliphatic carbocycles. The Hall–Kier alpha value is -2.95. The van der Waals surface area contributed by atoms with Crippen LogP contribution in [0.4, 0.5) is 0 Å². The predicted octanol–water partition coefficient (Wildman–Crippen LogP) is 9.96. The van der Waals surface area contributed by atoms with E-state index in [2.05, 4.69) is 102 Å². The Morgan fingerprint density at radius 3 is 1.50 bits per heavy atom. The van der Waals surface area contributed by atoms with Crippen LogP contribution in [0.2, 0.25) is 0 Å². The molecule has 5 aromatic rings. The minimum atomic E-state index is -0.443. The fourth-order valence-corrected chi connectivity index (χ4v) is 5.79. The third-order valence-electron chi connectivity index (χ3n) is 8.69. The second kappa shape index (κ2) is 14.4. The molecule has 1 aromatic heterocycles. The first-order valence-electron chi connectivity index (χ1n) is 16.0. The quantitative estimate of drug-likeness (QED) is 0.141. The van der Waals surface area contributed by atoms with E-state index < -0.39 is 12.2 Å². The number of hydrogen-bond donors (Lipinski definition) is 2. The maximum absolute atomic E-state index is 9.76. The van der Waals surface area contributed by atoms with Gasteiger partial charge in [0.05, 0.1) is 28.9 Å². The van der Waals surface area contributed by atoms with Gasteiger partial charge in [-0.15, -0.1) is 34.9 Å².